The molecule has 4 bridgehead atoms. The van der Waals surface area contributed by atoms with Crippen LogP contribution in [0.3, 0.4) is 0 Å². The Labute approximate surface area is 120 Å². The molecule has 2 amide bonds. The van der Waals surface area contributed by atoms with Crippen molar-refractivity contribution in [2.24, 2.45) is 17.3 Å². The Balaban J connectivity index is 1.84. The van der Waals surface area contributed by atoms with Crippen molar-refractivity contribution in [3.8, 4) is 0 Å². The van der Waals surface area contributed by atoms with Crippen molar-refractivity contribution < 1.29 is 9.59 Å². The third kappa shape index (κ3) is 2.15. The summed E-state index contributed by atoms with van der Waals surface area (Å²) in [5.41, 5.74) is -0.378. The van der Waals surface area contributed by atoms with Gasteiger partial charge in [0.2, 0.25) is 11.8 Å². The topological polar surface area (TPSA) is 58.2 Å². The fourth-order valence-corrected chi connectivity index (χ4v) is 5.40. The molecule has 110 valence electrons. The number of nitrogens with one attached hydrogen (secondary N) is 2. The van der Waals surface area contributed by atoms with E-state index >= 15 is 0 Å². The molecule has 0 aromatic rings. The van der Waals surface area contributed by atoms with Crippen LogP contribution in [0.1, 0.15) is 45.4 Å². The van der Waals surface area contributed by atoms with Crippen molar-refractivity contribution >= 4 is 11.8 Å². The highest BCUT2D eigenvalue weighted by atomic mass is 16.2. The molecule has 0 heterocycles. The van der Waals surface area contributed by atoms with Crippen LogP contribution in [0, 0.1) is 17.3 Å². The van der Waals surface area contributed by atoms with Crippen LogP contribution in [0.4, 0.5) is 0 Å². The molecule has 20 heavy (non-hydrogen) atoms. The van der Waals surface area contributed by atoms with E-state index in [2.05, 4.69) is 17.2 Å². The Hall–Kier alpha value is -1.32. The maximum Gasteiger partial charge on any atom is 0.226 e. The van der Waals surface area contributed by atoms with E-state index in [1.54, 1.807) is 13.0 Å². The largest absolute Gasteiger partial charge is 0.352 e. The van der Waals surface area contributed by atoms with Crippen molar-refractivity contribution in [1.82, 2.24) is 10.6 Å². The summed E-state index contributed by atoms with van der Waals surface area (Å²) < 4.78 is 0. The minimum atomic E-state index is -0.254. The Morgan fingerprint density at radius 1 is 1.25 bits per heavy atom. The van der Waals surface area contributed by atoms with Gasteiger partial charge in [0.25, 0.3) is 0 Å². The second-order valence-corrected chi connectivity index (χ2v) is 7.20. The quantitative estimate of drug-likeness (QED) is 0.769. The van der Waals surface area contributed by atoms with Crippen LogP contribution >= 0.6 is 0 Å². The Morgan fingerprint density at radius 2 is 1.90 bits per heavy atom. The van der Waals surface area contributed by atoms with Crippen LogP contribution in [-0.2, 0) is 9.59 Å². The van der Waals surface area contributed by atoms with Crippen LogP contribution in [0.5, 0.6) is 0 Å². The van der Waals surface area contributed by atoms with Crippen molar-refractivity contribution in [3.63, 3.8) is 0 Å². The zero-order valence-electron chi connectivity index (χ0n) is 12.2. The number of hydrogen-bond donors (Lipinski definition) is 2. The SMILES string of the molecule is C=CCNC(=O)C12C[C@H]3C[C@@H](CC(NC(C)=O)(C3)C1)C2. The van der Waals surface area contributed by atoms with Crippen LogP contribution in [-0.4, -0.2) is 23.9 Å². The van der Waals surface area contributed by atoms with Gasteiger partial charge < -0.3 is 10.6 Å². The lowest BCUT2D eigenvalue weighted by Gasteiger charge is -2.61. The summed E-state index contributed by atoms with van der Waals surface area (Å²) in [5.74, 6) is 1.39. The number of carbonyl (C=O) groups excluding carboxylic acids is 2. The molecule has 4 fully saturated rings. The van der Waals surface area contributed by atoms with Crippen LogP contribution in [0.15, 0.2) is 12.7 Å². The van der Waals surface area contributed by atoms with Gasteiger partial charge in [-0.05, 0) is 50.4 Å². The van der Waals surface area contributed by atoms with Gasteiger partial charge in [0.15, 0.2) is 0 Å². The van der Waals surface area contributed by atoms with Crippen LogP contribution < -0.4 is 10.6 Å². The zero-order chi connectivity index (χ0) is 14.4. The average Bonchev–Trinajstić information content (AvgIpc) is 2.32. The van der Waals surface area contributed by atoms with Gasteiger partial charge in [-0.2, -0.15) is 0 Å². The molecule has 4 heteroatoms. The molecule has 4 aliphatic carbocycles. The van der Waals surface area contributed by atoms with Gasteiger partial charge >= 0.3 is 0 Å². The Kier molecular flexibility index (Phi) is 3.14. The highest BCUT2D eigenvalue weighted by Gasteiger charge is 2.60. The van der Waals surface area contributed by atoms with E-state index in [0.29, 0.717) is 18.4 Å². The van der Waals surface area contributed by atoms with Gasteiger partial charge in [0.05, 0.1) is 5.41 Å². The predicted molar refractivity (Wildman–Crippen MR) is 76.9 cm³/mol. The second kappa shape index (κ2) is 4.61. The van der Waals surface area contributed by atoms with E-state index in [0.717, 1.165) is 32.1 Å². The smallest absolute Gasteiger partial charge is 0.226 e. The second-order valence-electron chi connectivity index (χ2n) is 7.20. The standard InChI is InChI=1S/C16H24N2O2/c1-3-4-17-14(20)15-6-12-5-13(7-15)9-16(8-12,10-15)18-11(2)19/h3,12-13H,1,4-10H2,2H3,(H,17,20)(H,18,19)/t12-,13-,15?,16?/m1/s1. The van der Waals surface area contributed by atoms with Crippen LogP contribution in [0.25, 0.3) is 0 Å². The Morgan fingerprint density at radius 3 is 2.45 bits per heavy atom. The summed E-state index contributed by atoms with van der Waals surface area (Å²) >= 11 is 0. The summed E-state index contributed by atoms with van der Waals surface area (Å²) in [5, 5.41) is 6.17. The van der Waals surface area contributed by atoms with E-state index in [-0.39, 0.29) is 22.8 Å². The zero-order valence-corrected chi connectivity index (χ0v) is 12.2. The summed E-state index contributed by atoms with van der Waals surface area (Å²) in [4.78, 5) is 24.2. The first-order valence-electron chi connectivity index (χ1n) is 7.65. The van der Waals surface area contributed by atoms with Gasteiger partial charge in [-0.25, -0.2) is 0 Å². The lowest BCUT2D eigenvalue weighted by atomic mass is 9.46. The molecule has 0 spiro atoms. The lowest BCUT2D eigenvalue weighted by Crippen LogP contribution is -2.65. The number of carbonyl (C=O) groups is 2. The monoisotopic (exact) mass is 276 g/mol. The first-order chi connectivity index (χ1) is 9.47. The average molecular weight is 276 g/mol. The molecule has 2 atom stereocenters. The highest BCUT2D eigenvalue weighted by Crippen LogP contribution is 2.61. The van der Waals surface area contributed by atoms with Gasteiger partial charge in [0, 0.05) is 19.0 Å². The van der Waals surface area contributed by atoms with Crippen molar-refractivity contribution in [3.05, 3.63) is 12.7 Å². The molecule has 4 nitrogen and oxygen atoms in total. The van der Waals surface area contributed by atoms with Gasteiger partial charge in [-0.1, -0.05) is 6.08 Å². The molecule has 4 aliphatic rings. The number of rotatable bonds is 4. The van der Waals surface area contributed by atoms with Gasteiger partial charge in [-0.3, -0.25) is 9.59 Å². The van der Waals surface area contributed by atoms with E-state index in [9.17, 15) is 9.59 Å². The maximum atomic E-state index is 12.6. The van der Waals surface area contributed by atoms with Gasteiger partial charge in [0.1, 0.15) is 0 Å². The molecule has 0 unspecified atom stereocenters. The molecule has 0 aromatic carbocycles. The summed E-state index contributed by atoms with van der Waals surface area (Å²) in [6, 6.07) is 0. The molecule has 0 aromatic heterocycles. The highest BCUT2D eigenvalue weighted by molar-refractivity contribution is 5.84. The van der Waals surface area contributed by atoms with Crippen LogP contribution in [0.2, 0.25) is 0 Å². The molecule has 2 N–H and O–H groups in total. The lowest BCUT2D eigenvalue weighted by molar-refractivity contribution is -0.152. The molecule has 0 saturated heterocycles. The molecule has 4 saturated carbocycles. The predicted octanol–water partition coefficient (Wildman–Crippen LogP) is 1.76. The van der Waals surface area contributed by atoms with E-state index in [1.165, 1.54) is 6.42 Å². The van der Waals surface area contributed by atoms with E-state index in [1.807, 2.05) is 0 Å². The third-order valence-electron chi connectivity index (χ3n) is 5.39. The fourth-order valence-electron chi connectivity index (χ4n) is 5.40. The molecular weight excluding hydrogens is 252 g/mol. The molecule has 0 aliphatic heterocycles. The number of amides is 2. The number of hydrogen-bond acceptors (Lipinski definition) is 2. The summed E-state index contributed by atoms with van der Waals surface area (Å²) in [7, 11) is 0. The maximum absolute atomic E-state index is 12.6. The molecular formula is C16H24N2O2. The van der Waals surface area contributed by atoms with E-state index in [4.69, 9.17) is 0 Å². The fraction of sp³-hybridized carbons (Fsp3) is 0.750. The van der Waals surface area contributed by atoms with Gasteiger partial charge in [-0.15, -0.1) is 6.58 Å². The molecule has 4 rings (SSSR count). The Bertz CT molecular complexity index is 443. The molecule has 0 radical (unpaired) electrons. The summed E-state index contributed by atoms with van der Waals surface area (Å²) in [6.45, 7) is 5.78. The van der Waals surface area contributed by atoms with Crippen molar-refractivity contribution in [2.45, 2.75) is 51.0 Å². The first kappa shape index (κ1) is 13.7. The van der Waals surface area contributed by atoms with E-state index < -0.39 is 0 Å². The minimum absolute atomic E-state index is 0.0357. The first-order valence-corrected chi connectivity index (χ1v) is 7.65. The van der Waals surface area contributed by atoms with Crippen molar-refractivity contribution in [2.75, 3.05) is 6.54 Å². The normalized spacial score (nSPS) is 41.2. The van der Waals surface area contributed by atoms with Crippen molar-refractivity contribution in [1.29, 1.82) is 0 Å². The minimum Gasteiger partial charge on any atom is -0.352 e. The third-order valence-corrected chi connectivity index (χ3v) is 5.39. The summed E-state index contributed by atoms with van der Waals surface area (Å²) in [6.07, 6.45) is 7.87.